The molecule has 2 aliphatic heterocycles. The van der Waals surface area contributed by atoms with Crippen molar-refractivity contribution >= 4 is 129 Å². The van der Waals surface area contributed by atoms with E-state index in [0.29, 0.717) is 12.0 Å². The van der Waals surface area contributed by atoms with E-state index in [9.17, 15) is 0 Å². The third kappa shape index (κ3) is 11.4. The van der Waals surface area contributed by atoms with E-state index in [0.717, 1.165) is 51.9 Å². The van der Waals surface area contributed by atoms with Crippen LogP contribution in [-0.4, -0.2) is 73.7 Å². The Labute approximate surface area is 290 Å². The average Bonchev–Trinajstić information content (AvgIpc) is 3.66. The Hall–Kier alpha value is -0.672. The Kier molecular flexibility index (Phi) is 17.4. The summed E-state index contributed by atoms with van der Waals surface area (Å²) in [7, 11) is 0. The van der Waals surface area contributed by atoms with Crippen LogP contribution < -0.4 is 10.0 Å². The first-order chi connectivity index (χ1) is 19.6. The fraction of sp³-hybridized carbons (Fsp3) is 0.500. The zero-order valence-electron chi connectivity index (χ0n) is 21.3. The molecule has 0 aromatic carbocycles. The summed E-state index contributed by atoms with van der Waals surface area (Å²) in [5.74, 6) is 0. The maximum atomic E-state index is 8.50. The monoisotopic (exact) mass is 796 g/mol. The molecule has 41 heavy (non-hydrogen) atoms. The third-order valence-electron chi connectivity index (χ3n) is 5.47. The van der Waals surface area contributed by atoms with Gasteiger partial charge in [0.25, 0.3) is 0 Å². The Morgan fingerprint density at radius 2 is 1.05 bits per heavy atom. The van der Waals surface area contributed by atoms with Gasteiger partial charge in [0.05, 0.1) is 12.4 Å². The van der Waals surface area contributed by atoms with Gasteiger partial charge in [-0.15, -0.1) is 25.3 Å². The molecule has 2 saturated heterocycles. The number of hydrogen-bond acceptors (Lipinski definition) is 14. The molecule has 2 aromatic heterocycles. The van der Waals surface area contributed by atoms with Crippen LogP contribution in [-0.2, 0) is 50.5 Å². The molecule has 2 aromatic rings. The summed E-state index contributed by atoms with van der Waals surface area (Å²) in [6, 6.07) is 0.607. The van der Waals surface area contributed by atoms with Gasteiger partial charge in [0.1, 0.15) is 12.5 Å². The number of piperidine rings is 2. The molecule has 224 valence electrons. The van der Waals surface area contributed by atoms with Crippen molar-refractivity contribution in [2.45, 2.75) is 38.5 Å². The molecule has 0 aliphatic carbocycles. The summed E-state index contributed by atoms with van der Waals surface area (Å²) in [5, 5.41) is 10.4. The minimum atomic E-state index is -2.03. The predicted molar refractivity (Wildman–Crippen MR) is 177 cm³/mol. The van der Waals surface area contributed by atoms with Crippen molar-refractivity contribution in [2.24, 2.45) is 0 Å². The standard InChI is InChI=1S/2C10H14N4OS4.Mo.2O/c2*16-9(17)13(8-11-4-7-15-8)14(10(18)19)12-5-2-1-3-6-12;;;/h2*4,7H,1-3,5-6H2,(H,16,17)(H,18,19);;;/q;;+2;;/p-2. The second-order valence-corrected chi connectivity index (χ2v) is 12.6. The second-order valence-electron chi connectivity index (χ2n) is 8.03. The van der Waals surface area contributed by atoms with Crippen LogP contribution in [0.3, 0.4) is 0 Å². The van der Waals surface area contributed by atoms with Crippen molar-refractivity contribution < 1.29 is 34.1 Å². The van der Waals surface area contributed by atoms with Gasteiger partial charge in [-0.2, -0.15) is 10.0 Å². The van der Waals surface area contributed by atoms with Crippen molar-refractivity contribution in [3.63, 3.8) is 0 Å². The van der Waals surface area contributed by atoms with Crippen LogP contribution >= 0.6 is 74.1 Å². The van der Waals surface area contributed by atoms with Crippen molar-refractivity contribution in [3.8, 4) is 0 Å². The molecule has 4 rings (SSSR count). The second kappa shape index (κ2) is 19.6. The Balaban J connectivity index is 0.000000262. The summed E-state index contributed by atoms with van der Waals surface area (Å²) < 4.78 is 28.7. The number of rotatable bonds is 4. The van der Waals surface area contributed by atoms with Crippen molar-refractivity contribution in [1.29, 1.82) is 0 Å². The number of aromatic nitrogens is 2. The van der Waals surface area contributed by atoms with E-state index in [4.69, 9.17) is 89.8 Å². The number of hydrazine groups is 4. The zero-order chi connectivity index (χ0) is 30.4. The Morgan fingerprint density at radius 3 is 1.27 bits per heavy atom. The van der Waals surface area contributed by atoms with Crippen LogP contribution in [0.4, 0.5) is 12.0 Å². The summed E-state index contributed by atoms with van der Waals surface area (Å²) in [6.07, 6.45) is 12.8. The van der Waals surface area contributed by atoms with Crippen LogP contribution in [0.1, 0.15) is 38.5 Å². The van der Waals surface area contributed by atoms with E-state index >= 15 is 0 Å². The maximum absolute atomic E-state index is 8.50. The first-order valence-electron chi connectivity index (χ1n) is 11.9. The van der Waals surface area contributed by atoms with E-state index in [2.05, 4.69) is 35.2 Å². The van der Waals surface area contributed by atoms with E-state index in [1.165, 1.54) is 47.8 Å². The van der Waals surface area contributed by atoms with Gasteiger partial charge >= 0.3 is 37.3 Å². The molecular weight excluding hydrogens is 769 g/mol. The molecule has 0 unspecified atom stereocenters. The van der Waals surface area contributed by atoms with Crippen molar-refractivity contribution in [3.05, 3.63) is 24.9 Å². The van der Waals surface area contributed by atoms with Gasteiger partial charge in [0, 0.05) is 26.2 Å². The predicted octanol–water partition coefficient (Wildman–Crippen LogP) is 4.05. The summed E-state index contributed by atoms with van der Waals surface area (Å²) in [6.45, 7) is 3.46. The van der Waals surface area contributed by atoms with Crippen LogP contribution in [0.15, 0.2) is 33.8 Å². The van der Waals surface area contributed by atoms with E-state index in [1.807, 2.05) is 10.0 Å². The number of nitrogens with zero attached hydrogens (tertiary/aromatic N) is 8. The van der Waals surface area contributed by atoms with E-state index in [-0.39, 0.29) is 17.3 Å². The van der Waals surface area contributed by atoms with Crippen LogP contribution in [0.25, 0.3) is 0 Å². The zero-order valence-corrected chi connectivity index (χ0v) is 30.0. The van der Waals surface area contributed by atoms with Gasteiger partial charge in [-0.25, -0.2) is 30.2 Å². The fourth-order valence-corrected chi connectivity index (χ4v) is 5.35. The van der Waals surface area contributed by atoms with E-state index < -0.39 is 18.5 Å². The van der Waals surface area contributed by atoms with E-state index in [1.54, 1.807) is 10.2 Å². The summed E-state index contributed by atoms with van der Waals surface area (Å²) in [5.41, 5.74) is 0. The Morgan fingerprint density at radius 1 is 0.732 bits per heavy atom. The molecule has 0 N–H and O–H groups in total. The summed E-state index contributed by atoms with van der Waals surface area (Å²) >= 11 is 37.3. The normalized spacial score (nSPS) is 15.1. The first-order valence-corrected chi connectivity index (χ1v) is 16.9. The molecule has 2 aliphatic rings. The Bertz CT molecular complexity index is 1080. The van der Waals surface area contributed by atoms with Gasteiger partial charge in [0.15, 0.2) is 8.64 Å². The van der Waals surface area contributed by atoms with Gasteiger partial charge in [0.2, 0.25) is 0 Å². The van der Waals surface area contributed by atoms with Gasteiger partial charge in [-0.3, -0.25) is 0 Å². The molecule has 4 heterocycles. The first kappa shape index (κ1) is 36.5. The molecule has 0 saturated carbocycles. The molecule has 0 radical (unpaired) electrons. The van der Waals surface area contributed by atoms with Crippen LogP contribution in [0.2, 0.25) is 0 Å². The topological polar surface area (TPSA) is 106 Å². The third-order valence-corrected chi connectivity index (χ3v) is 6.85. The minimum absolute atomic E-state index is 0.261. The van der Waals surface area contributed by atoms with Crippen molar-refractivity contribution in [2.75, 3.05) is 36.2 Å². The molecule has 0 bridgehead atoms. The molecule has 12 nitrogen and oxygen atoms in total. The number of thiol groups is 2. The number of thiocarbonyl (C=S) groups is 4. The van der Waals surface area contributed by atoms with Gasteiger partial charge in [-0.05, 0) is 34.3 Å². The van der Waals surface area contributed by atoms with Crippen molar-refractivity contribution in [1.82, 2.24) is 30.2 Å². The van der Waals surface area contributed by atoms with Crippen LogP contribution in [0.5, 0.6) is 0 Å². The number of hydrogen-bond donors (Lipinski definition) is 2. The average molecular weight is 795 g/mol. The molecule has 0 atom stereocenters. The summed E-state index contributed by atoms with van der Waals surface area (Å²) in [4.78, 5) is 8.17. The SMILES string of the molecule is S=C(S)N(c1ncco1)N(C(=S)[S-])N1CCCCC1.S=C(S)N(c1ncco1)N(C(=S)[S-])N1CCCCC1.[O]=[Mo+2]=[O]. The van der Waals surface area contributed by atoms with Gasteiger partial charge < -0.3 is 58.5 Å². The molecule has 0 spiro atoms. The molecule has 2 fully saturated rings. The van der Waals surface area contributed by atoms with Crippen LogP contribution in [0, 0.1) is 0 Å². The molecule has 0 amide bonds. The fourth-order valence-electron chi connectivity index (χ4n) is 3.91. The molecule has 21 heteroatoms. The van der Waals surface area contributed by atoms with Gasteiger partial charge in [-0.1, -0.05) is 37.3 Å². The quantitative estimate of drug-likeness (QED) is 0.153. The number of anilines is 2. The number of oxazole rings is 2. The molecular formula is C20H26MoN8O4S8.